The van der Waals surface area contributed by atoms with Gasteiger partial charge in [0.15, 0.2) is 0 Å². The normalized spacial score (nSPS) is 23.9. The van der Waals surface area contributed by atoms with Gasteiger partial charge in [0.25, 0.3) is 0 Å². The quantitative estimate of drug-likeness (QED) is 0.802. The third-order valence-electron chi connectivity index (χ3n) is 5.33. The maximum absolute atomic E-state index is 4.35. The third-order valence-corrected chi connectivity index (χ3v) is 5.33. The van der Waals surface area contributed by atoms with E-state index in [1.165, 1.54) is 45.3 Å². The smallest absolute Gasteiger partial charge is 0.147 e. The van der Waals surface area contributed by atoms with E-state index in [9.17, 15) is 0 Å². The van der Waals surface area contributed by atoms with Crippen molar-refractivity contribution in [2.75, 3.05) is 26.7 Å². The predicted octanol–water partition coefficient (Wildman–Crippen LogP) is 1.91. The number of likely N-dealkylation sites (N-methyl/N-ethyl adjacent to an activating group) is 1. The molecule has 1 aliphatic carbocycles. The van der Waals surface area contributed by atoms with Crippen molar-refractivity contribution in [1.29, 1.82) is 0 Å². The average molecular weight is 291 g/mol. The lowest BCUT2D eigenvalue weighted by Gasteiger charge is -2.30. The molecule has 1 aliphatic heterocycles. The lowest BCUT2D eigenvalue weighted by molar-refractivity contribution is 0.180. The van der Waals surface area contributed by atoms with Gasteiger partial charge in [-0.25, -0.2) is 0 Å². The van der Waals surface area contributed by atoms with Gasteiger partial charge in [0.1, 0.15) is 11.6 Å². The summed E-state index contributed by atoms with van der Waals surface area (Å²) in [4.78, 5) is 5.14. The summed E-state index contributed by atoms with van der Waals surface area (Å²) in [6.07, 6.45) is 5.65. The highest BCUT2D eigenvalue weighted by atomic mass is 15.3. The molecule has 2 aliphatic rings. The summed E-state index contributed by atoms with van der Waals surface area (Å²) >= 11 is 0. The zero-order chi connectivity index (χ0) is 14.8. The largest absolute Gasteiger partial charge is 0.314 e. The van der Waals surface area contributed by atoms with Gasteiger partial charge in [-0.15, -0.1) is 10.2 Å². The molecule has 0 unspecified atom stereocenters. The standard InChI is InChI=1S/C16H29N5/c1-4-21-13(2)17-18-16(21)12-19(3)15-8-9-20(11-15)10-14-6-5-7-14/h14-15H,4-12H2,1-3H3/t15-/m1/s1. The van der Waals surface area contributed by atoms with E-state index in [1.54, 1.807) is 0 Å². The summed E-state index contributed by atoms with van der Waals surface area (Å²) in [5.74, 6) is 3.12. The summed E-state index contributed by atoms with van der Waals surface area (Å²) in [6.45, 7) is 9.90. The first-order valence-corrected chi connectivity index (χ1v) is 8.48. The summed E-state index contributed by atoms with van der Waals surface area (Å²) in [6, 6.07) is 0.674. The molecule has 1 aromatic heterocycles. The SMILES string of the molecule is CCn1c(C)nnc1CN(C)[C@@H]1CCN(CC2CCC2)C1. The molecule has 5 heteroatoms. The summed E-state index contributed by atoms with van der Waals surface area (Å²) < 4.78 is 2.22. The van der Waals surface area contributed by atoms with Crippen LogP contribution in [0, 0.1) is 12.8 Å². The number of nitrogens with zero attached hydrogens (tertiary/aromatic N) is 5. The van der Waals surface area contributed by atoms with E-state index in [-0.39, 0.29) is 0 Å². The van der Waals surface area contributed by atoms with Crippen LogP contribution in [0.5, 0.6) is 0 Å². The Kier molecular flexibility index (Phi) is 4.60. The molecule has 0 aromatic carbocycles. The van der Waals surface area contributed by atoms with Crippen molar-refractivity contribution in [2.45, 2.75) is 58.7 Å². The van der Waals surface area contributed by atoms with Crippen molar-refractivity contribution >= 4 is 0 Å². The van der Waals surface area contributed by atoms with Crippen LogP contribution in [0.3, 0.4) is 0 Å². The molecular formula is C16H29N5. The first-order chi connectivity index (χ1) is 10.2. The second-order valence-electron chi connectivity index (χ2n) is 6.82. The first kappa shape index (κ1) is 15.0. The Balaban J connectivity index is 1.52. The number of rotatable bonds is 6. The minimum atomic E-state index is 0.674. The number of hydrogen-bond donors (Lipinski definition) is 0. The molecule has 2 fully saturated rings. The Bertz CT molecular complexity index is 465. The highest BCUT2D eigenvalue weighted by molar-refractivity contribution is 4.95. The van der Waals surface area contributed by atoms with Gasteiger partial charge in [-0.2, -0.15) is 0 Å². The molecule has 2 heterocycles. The molecule has 1 saturated carbocycles. The molecule has 21 heavy (non-hydrogen) atoms. The van der Waals surface area contributed by atoms with Gasteiger partial charge in [-0.05, 0) is 52.6 Å². The number of aromatic nitrogens is 3. The highest BCUT2D eigenvalue weighted by Crippen LogP contribution is 2.28. The van der Waals surface area contributed by atoms with Crippen molar-refractivity contribution in [1.82, 2.24) is 24.6 Å². The molecule has 1 saturated heterocycles. The van der Waals surface area contributed by atoms with Crippen molar-refractivity contribution < 1.29 is 0 Å². The van der Waals surface area contributed by atoms with Crippen LogP contribution < -0.4 is 0 Å². The maximum Gasteiger partial charge on any atom is 0.147 e. The molecule has 1 atom stereocenters. The van der Waals surface area contributed by atoms with Crippen LogP contribution in [-0.4, -0.2) is 57.3 Å². The summed E-state index contributed by atoms with van der Waals surface area (Å²) in [5, 5.41) is 8.56. The molecule has 1 aromatic rings. The molecular weight excluding hydrogens is 262 g/mol. The van der Waals surface area contributed by atoms with E-state index in [1.807, 2.05) is 6.92 Å². The fraction of sp³-hybridized carbons (Fsp3) is 0.875. The molecule has 0 spiro atoms. The minimum Gasteiger partial charge on any atom is -0.314 e. The van der Waals surface area contributed by atoms with Crippen LogP contribution in [0.1, 0.15) is 44.3 Å². The number of likely N-dealkylation sites (tertiary alicyclic amines) is 1. The lowest BCUT2D eigenvalue weighted by Crippen LogP contribution is -2.37. The molecule has 0 N–H and O–H groups in total. The molecule has 0 amide bonds. The van der Waals surface area contributed by atoms with E-state index < -0.39 is 0 Å². The molecule has 5 nitrogen and oxygen atoms in total. The van der Waals surface area contributed by atoms with Gasteiger partial charge in [-0.1, -0.05) is 6.42 Å². The Morgan fingerprint density at radius 1 is 1.24 bits per heavy atom. The van der Waals surface area contributed by atoms with Gasteiger partial charge in [0.2, 0.25) is 0 Å². The van der Waals surface area contributed by atoms with Crippen LogP contribution >= 0.6 is 0 Å². The topological polar surface area (TPSA) is 37.2 Å². The highest BCUT2D eigenvalue weighted by Gasteiger charge is 2.29. The average Bonchev–Trinajstić information content (AvgIpc) is 3.01. The molecule has 118 valence electrons. The zero-order valence-corrected chi connectivity index (χ0v) is 13.8. The van der Waals surface area contributed by atoms with Gasteiger partial charge in [-0.3, -0.25) is 4.90 Å². The maximum atomic E-state index is 4.35. The van der Waals surface area contributed by atoms with Crippen LogP contribution in [0.25, 0.3) is 0 Å². The van der Waals surface area contributed by atoms with E-state index in [4.69, 9.17) is 0 Å². The van der Waals surface area contributed by atoms with Crippen LogP contribution in [0.4, 0.5) is 0 Å². The fourth-order valence-corrected chi connectivity index (χ4v) is 3.68. The minimum absolute atomic E-state index is 0.674. The third kappa shape index (κ3) is 3.29. The first-order valence-electron chi connectivity index (χ1n) is 8.48. The molecule has 0 bridgehead atoms. The van der Waals surface area contributed by atoms with Gasteiger partial charge in [0.05, 0.1) is 6.54 Å². The number of hydrogen-bond acceptors (Lipinski definition) is 4. The van der Waals surface area contributed by atoms with Crippen molar-refractivity contribution in [3.05, 3.63) is 11.6 Å². The zero-order valence-electron chi connectivity index (χ0n) is 13.8. The molecule has 3 rings (SSSR count). The van der Waals surface area contributed by atoms with Gasteiger partial charge < -0.3 is 9.47 Å². The van der Waals surface area contributed by atoms with Gasteiger partial charge >= 0.3 is 0 Å². The Morgan fingerprint density at radius 2 is 2.05 bits per heavy atom. The van der Waals surface area contributed by atoms with Gasteiger partial charge in [0, 0.05) is 25.7 Å². The summed E-state index contributed by atoms with van der Waals surface area (Å²) in [5.41, 5.74) is 0. The van der Waals surface area contributed by atoms with Crippen molar-refractivity contribution in [3.8, 4) is 0 Å². The van der Waals surface area contributed by atoms with Crippen molar-refractivity contribution in [3.63, 3.8) is 0 Å². The Labute approximate surface area is 128 Å². The Morgan fingerprint density at radius 3 is 2.71 bits per heavy atom. The van der Waals surface area contributed by atoms with Crippen molar-refractivity contribution in [2.24, 2.45) is 5.92 Å². The monoisotopic (exact) mass is 291 g/mol. The summed E-state index contributed by atoms with van der Waals surface area (Å²) in [7, 11) is 2.24. The lowest BCUT2D eigenvalue weighted by atomic mass is 9.85. The fourth-order valence-electron chi connectivity index (χ4n) is 3.68. The van der Waals surface area contributed by atoms with Crippen LogP contribution in [0.15, 0.2) is 0 Å². The number of aryl methyl sites for hydroxylation is 1. The van der Waals surface area contributed by atoms with E-state index in [0.29, 0.717) is 6.04 Å². The molecule has 0 radical (unpaired) electrons. The predicted molar refractivity (Wildman–Crippen MR) is 84.1 cm³/mol. The van der Waals surface area contributed by atoms with Crippen LogP contribution in [0.2, 0.25) is 0 Å². The second kappa shape index (κ2) is 6.44. The van der Waals surface area contributed by atoms with E-state index in [2.05, 4.69) is 38.5 Å². The van der Waals surface area contributed by atoms with Crippen LogP contribution in [-0.2, 0) is 13.1 Å². The Hall–Kier alpha value is -0.940. The van der Waals surface area contributed by atoms with E-state index in [0.717, 1.165) is 30.7 Å². The second-order valence-corrected chi connectivity index (χ2v) is 6.82. The van der Waals surface area contributed by atoms with E-state index >= 15 is 0 Å².